The van der Waals surface area contributed by atoms with Crippen LogP contribution in [0.1, 0.15) is 18.4 Å². The van der Waals surface area contributed by atoms with Gasteiger partial charge in [-0.1, -0.05) is 15.9 Å². The molecule has 0 bridgehead atoms. The number of isocyanates is 1. The molecule has 1 aromatic carbocycles. The van der Waals surface area contributed by atoms with Crippen LogP contribution in [0, 0.1) is 0 Å². The largest absolute Gasteiger partial charge is 0.454 e. The Morgan fingerprint density at radius 3 is 2.88 bits per heavy atom. The summed E-state index contributed by atoms with van der Waals surface area (Å²) in [6.45, 7) is 0.222. The molecule has 0 radical (unpaired) electrons. The first-order chi connectivity index (χ1) is 7.75. The Kier molecular flexibility index (Phi) is 2.06. The molecule has 0 spiro atoms. The average molecular weight is 282 g/mol. The standard InChI is InChI=1S/C11H8BrNO3/c12-7-3-8(11(1-2-11)13-5-14)10-9(4-7)15-6-16-10/h3-4H,1-2,6H2. The summed E-state index contributed by atoms with van der Waals surface area (Å²) in [5.41, 5.74) is 0.487. The quantitative estimate of drug-likeness (QED) is 0.618. The monoisotopic (exact) mass is 281 g/mol. The second-order valence-electron chi connectivity index (χ2n) is 3.92. The fraction of sp³-hybridized carbons (Fsp3) is 0.364. The lowest BCUT2D eigenvalue weighted by atomic mass is 10.0. The zero-order chi connectivity index (χ0) is 11.2. The van der Waals surface area contributed by atoms with E-state index in [0.717, 1.165) is 22.9 Å². The highest BCUT2D eigenvalue weighted by molar-refractivity contribution is 9.10. The first-order valence-corrected chi connectivity index (χ1v) is 5.73. The van der Waals surface area contributed by atoms with Crippen molar-refractivity contribution in [1.29, 1.82) is 0 Å². The molecule has 1 fully saturated rings. The molecule has 16 heavy (non-hydrogen) atoms. The summed E-state index contributed by atoms with van der Waals surface area (Å²) >= 11 is 3.41. The maximum Gasteiger partial charge on any atom is 0.235 e. The minimum Gasteiger partial charge on any atom is -0.454 e. The van der Waals surface area contributed by atoms with E-state index >= 15 is 0 Å². The van der Waals surface area contributed by atoms with Crippen molar-refractivity contribution in [2.45, 2.75) is 18.4 Å². The summed E-state index contributed by atoms with van der Waals surface area (Å²) in [6.07, 6.45) is 3.35. The number of rotatable bonds is 2. The van der Waals surface area contributed by atoms with Gasteiger partial charge in [0.25, 0.3) is 0 Å². The highest BCUT2D eigenvalue weighted by Crippen LogP contribution is 2.55. The maximum absolute atomic E-state index is 10.4. The molecule has 0 aromatic heterocycles. The number of nitrogens with zero attached hydrogens (tertiary/aromatic N) is 1. The minimum absolute atomic E-state index is 0.222. The molecule has 0 atom stereocenters. The van der Waals surface area contributed by atoms with Crippen LogP contribution in [0.4, 0.5) is 0 Å². The maximum atomic E-state index is 10.4. The van der Waals surface area contributed by atoms with E-state index in [-0.39, 0.29) is 6.79 Å². The van der Waals surface area contributed by atoms with Crippen molar-refractivity contribution >= 4 is 22.0 Å². The first-order valence-electron chi connectivity index (χ1n) is 4.94. The Hall–Kier alpha value is -1.32. The molecule has 0 N–H and O–H groups in total. The Morgan fingerprint density at radius 2 is 2.19 bits per heavy atom. The van der Waals surface area contributed by atoms with Gasteiger partial charge in [0.2, 0.25) is 12.9 Å². The van der Waals surface area contributed by atoms with Gasteiger partial charge in [-0.3, -0.25) is 0 Å². The van der Waals surface area contributed by atoms with Gasteiger partial charge in [0, 0.05) is 10.0 Å². The van der Waals surface area contributed by atoms with Gasteiger partial charge in [0.1, 0.15) is 5.54 Å². The number of carbonyl (C=O) groups excluding carboxylic acids is 1. The first kappa shape index (κ1) is 9.87. The number of hydrogen-bond acceptors (Lipinski definition) is 4. The van der Waals surface area contributed by atoms with Crippen LogP contribution >= 0.6 is 15.9 Å². The topological polar surface area (TPSA) is 47.9 Å². The molecule has 1 aliphatic carbocycles. The summed E-state index contributed by atoms with van der Waals surface area (Å²) in [7, 11) is 0. The molecule has 1 heterocycles. The number of fused-ring (bicyclic) bond motifs is 1. The number of ether oxygens (including phenoxy) is 2. The fourth-order valence-corrected chi connectivity index (χ4v) is 2.41. The van der Waals surface area contributed by atoms with Gasteiger partial charge in [-0.15, -0.1) is 0 Å². The SMILES string of the molecule is O=C=NC1(c2cc(Br)cc3c2OCO3)CC1. The summed E-state index contributed by atoms with van der Waals surface area (Å²) in [5, 5.41) is 0. The normalized spacial score (nSPS) is 19.1. The van der Waals surface area contributed by atoms with Gasteiger partial charge in [-0.25, -0.2) is 4.79 Å². The van der Waals surface area contributed by atoms with Crippen molar-refractivity contribution in [3.05, 3.63) is 22.2 Å². The molecule has 0 saturated heterocycles. The van der Waals surface area contributed by atoms with Crippen molar-refractivity contribution in [3.8, 4) is 11.5 Å². The lowest BCUT2D eigenvalue weighted by molar-refractivity contribution is 0.173. The van der Waals surface area contributed by atoms with E-state index in [1.54, 1.807) is 6.08 Å². The third kappa shape index (κ3) is 1.36. The van der Waals surface area contributed by atoms with Crippen molar-refractivity contribution in [2.75, 3.05) is 6.79 Å². The summed E-state index contributed by atoms with van der Waals surface area (Å²) in [5.74, 6) is 1.41. The van der Waals surface area contributed by atoms with Gasteiger partial charge in [0.15, 0.2) is 11.5 Å². The van der Waals surface area contributed by atoms with E-state index < -0.39 is 5.54 Å². The van der Waals surface area contributed by atoms with Crippen LogP contribution in [0.3, 0.4) is 0 Å². The van der Waals surface area contributed by atoms with E-state index in [0.29, 0.717) is 11.5 Å². The van der Waals surface area contributed by atoms with Gasteiger partial charge < -0.3 is 9.47 Å². The third-order valence-corrected chi connectivity index (χ3v) is 3.38. The molecule has 82 valence electrons. The van der Waals surface area contributed by atoms with Gasteiger partial charge in [0.05, 0.1) is 0 Å². The predicted octanol–water partition coefficient (Wildman–Crippen LogP) is 2.50. The lowest BCUT2D eigenvalue weighted by Crippen LogP contribution is -2.04. The molecule has 1 saturated carbocycles. The lowest BCUT2D eigenvalue weighted by Gasteiger charge is -2.11. The van der Waals surface area contributed by atoms with Crippen LogP contribution in [0.15, 0.2) is 21.6 Å². The molecule has 2 aliphatic rings. The Bertz CT molecular complexity index is 504. The number of benzene rings is 1. The number of aliphatic imine (C=N–C) groups is 1. The smallest absolute Gasteiger partial charge is 0.235 e. The molecule has 1 aromatic rings. The van der Waals surface area contributed by atoms with E-state index in [9.17, 15) is 4.79 Å². The molecule has 0 unspecified atom stereocenters. The minimum atomic E-state index is -0.427. The zero-order valence-corrected chi connectivity index (χ0v) is 9.91. The van der Waals surface area contributed by atoms with Gasteiger partial charge in [-0.05, 0) is 25.0 Å². The van der Waals surface area contributed by atoms with E-state index in [4.69, 9.17) is 9.47 Å². The Labute approximate surface area is 100 Å². The summed E-state index contributed by atoms with van der Waals surface area (Å²) < 4.78 is 11.7. The van der Waals surface area contributed by atoms with Crippen molar-refractivity contribution in [3.63, 3.8) is 0 Å². The van der Waals surface area contributed by atoms with E-state index in [1.807, 2.05) is 12.1 Å². The Balaban J connectivity index is 2.17. The van der Waals surface area contributed by atoms with Crippen molar-refractivity contribution in [2.24, 2.45) is 4.99 Å². The van der Waals surface area contributed by atoms with Crippen LogP contribution in [-0.2, 0) is 10.3 Å². The number of halogens is 1. The van der Waals surface area contributed by atoms with Crippen LogP contribution in [-0.4, -0.2) is 12.9 Å². The van der Waals surface area contributed by atoms with Gasteiger partial charge in [-0.2, -0.15) is 4.99 Å². The molecule has 1 aliphatic heterocycles. The van der Waals surface area contributed by atoms with Crippen molar-refractivity contribution in [1.82, 2.24) is 0 Å². The second kappa shape index (κ2) is 3.34. The molecular weight excluding hydrogens is 274 g/mol. The summed E-state index contributed by atoms with van der Waals surface area (Å²) in [6, 6.07) is 3.79. The van der Waals surface area contributed by atoms with E-state index in [2.05, 4.69) is 20.9 Å². The number of hydrogen-bond donors (Lipinski definition) is 0. The Morgan fingerprint density at radius 1 is 1.38 bits per heavy atom. The molecule has 0 amide bonds. The highest BCUT2D eigenvalue weighted by Gasteiger charge is 2.48. The predicted molar refractivity (Wildman–Crippen MR) is 59.3 cm³/mol. The third-order valence-electron chi connectivity index (χ3n) is 2.92. The fourth-order valence-electron chi connectivity index (χ4n) is 1.97. The molecule has 3 rings (SSSR count). The van der Waals surface area contributed by atoms with Gasteiger partial charge >= 0.3 is 0 Å². The van der Waals surface area contributed by atoms with Crippen LogP contribution in [0.25, 0.3) is 0 Å². The summed E-state index contributed by atoms with van der Waals surface area (Å²) in [4.78, 5) is 14.3. The van der Waals surface area contributed by atoms with Crippen LogP contribution < -0.4 is 9.47 Å². The molecule has 5 heteroatoms. The average Bonchev–Trinajstić information content (AvgIpc) is 2.88. The highest BCUT2D eigenvalue weighted by atomic mass is 79.9. The molecular formula is C11H8BrNO3. The van der Waals surface area contributed by atoms with Crippen LogP contribution in [0.2, 0.25) is 0 Å². The second-order valence-corrected chi connectivity index (χ2v) is 4.84. The van der Waals surface area contributed by atoms with Crippen LogP contribution in [0.5, 0.6) is 11.5 Å². The van der Waals surface area contributed by atoms with E-state index in [1.165, 1.54) is 0 Å². The molecule has 4 nitrogen and oxygen atoms in total. The van der Waals surface area contributed by atoms with Crippen molar-refractivity contribution < 1.29 is 14.3 Å². The zero-order valence-electron chi connectivity index (χ0n) is 8.33.